The fourth-order valence-corrected chi connectivity index (χ4v) is 2.62. The van der Waals surface area contributed by atoms with Crippen LogP contribution < -0.4 is 5.32 Å². The molecule has 1 heteroatoms. The first kappa shape index (κ1) is 9.26. The average molecular weight is 179 g/mol. The highest BCUT2D eigenvalue weighted by Crippen LogP contribution is 2.31. The van der Waals surface area contributed by atoms with E-state index in [4.69, 9.17) is 0 Å². The van der Waals surface area contributed by atoms with E-state index in [0.717, 1.165) is 11.8 Å². The maximum absolute atomic E-state index is 3.45. The number of hydrogen-bond acceptors (Lipinski definition) is 1. The molecular formula is C12H21N. The fourth-order valence-electron chi connectivity index (χ4n) is 2.62. The molecule has 1 fully saturated rings. The van der Waals surface area contributed by atoms with Crippen LogP contribution in [0, 0.1) is 11.8 Å². The van der Waals surface area contributed by atoms with Gasteiger partial charge in [-0.2, -0.15) is 0 Å². The summed E-state index contributed by atoms with van der Waals surface area (Å²) >= 11 is 0. The van der Waals surface area contributed by atoms with Crippen molar-refractivity contribution in [3.63, 3.8) is 0 Å². The third-order valence-corrected chi connectivity index (χ3v) is 3.72. The van der Waals surface area contributed by atoms with E-state index >= 15 is 0 Å². The van der Waals surface area contributed by atoms with Crippen molar-refractivity contribution < 1.29 is 0 Å². The number of hydrogen-bond donors (Lipinski definition) is 1. The Labute approximate surface area is 81.6 Å². The molecule has 13 heavy (non-hydrogen) atoms. The van der Waals surface area contributed by atoms with Crippen LogP contribution in [0.15, 0.2) is 11.6 Å². The van der Waals surface area contributed by atoms with Crippen LogP contribution in [-0.2, 0) is 0 Å². The minimum absolute atomic E-state index is 0.887. The third-order valence-electron chi connectivity index (χ3n) is 3.72. The number of allylic oxidation sites excluding steroid dienone is 1. The maximum atomic E-state index is 3.45. The van der Waals surface area contributed by atoms with Crippen LogP contribution in [0.3, 0.4) is 0 Å². The first-order valence-electron chi connectivity index (χ1n) is 5.79. The van der Waals surface area contributed by atoms with Gasteiger partial charge < -0.3 is 5.32 Å². The number of rotatable bonds is 2. The van der Waals surface area contributed by atoms with Gasteiger partial charge in [-0.25, -0.2) is 0 Å². The molecule has 0 aromatic heterocycles. The highest BCUT2D eigenvalue weighted by molar-refractivity contribution is 5.12. The predicted molar refractivity (Wildman–Crippen MR) is 56.7 cm³/mol. The van der Waals surface area contributed by atoms with Gasteiger partial charge in [-0.1, -0.05) is 25.0 Å². The summed E-state index contributed by atoms with van der Waals surface area (Å²) in [5, 5.41) is 3.45. The van der Waals surface area contributed by atoms with Crippen LogP contribution in [0.5, 0.6) is 0 Å². The van der Waals surface area contributed by atoms with Gasteiger partial charge in [-0.15, -0.1) is 0 Å². The van der Waals surface area contributed by atoms with Crippen LogP contribution in [0.25, 0.3) is 0 Å². The molecule has 0 aromatic carbocycles. The molecule has 0 amide bonds. The molecular weight excluding hydrogens is 158 g/mol. The minimum atomic E-state index is 0.887. The van der Waals surface area contributed by atoms with Crippen molar-refractivity contribution in [1.29, 1.82) is 0 Å². The van der Waals surface area contributed by atoms with Crippen molar-refractivity contribution in [1.82, 2.24) is 5.32 Å². The van der Waals surface area contributed by atoms with Gasteiger partial charge in [0.2, 0.25) is 0 Å². The normalized spacial score (nSPS) is 34.7. The zero-order valence-electron chi connectivity index (χ0n) is 8.68. The summed E-state index contributed by atoms with van der Waals surface area (Å²) in [5.74, 6) is 1.87. The van der Waals surface area contributed by atoms with Gasteiger partial charge in [0, 0.05) is 6.54 Å². The summed E-state index contributed by atoms with van der Waals surface area (Å²) in [5.41, 5.74) is 1.76. The quantitative estimate of drug-likeness (QED) is 0.643. The van der Waals surface area contributed by atoms with E-state index in [-0.39, 0.29) is 0 Å². The first-order valence-corrected chi connectivity index (χ1v) is 5.79. The van der Waals surface area contributed by atoms with Crippen LogP contribution in [0.2, 0.25) is 0 Å². The van der Waals surface area contributed by atoms with Gasteiger partial charge in [-0.3, -0.25) is 0 Å². The summed E-state index contributed by atoms with van der Waals surface area (Å²) in [6.45, 7) is 4.79. The lowest BCUT2D eigenvalue weighted by Crippen LogP contribution is -2.14. The van der Waals surface area contributed by atoms with Crippen LogP contribution in [0.4, 0.5) is 0 Å². The molecule has 1 aliphatic carbocycles. The lowest BCUT2D eigenvalue weighted by atomic mass is 9.82. The van der Waals surface area contributed by atoms with Gasteiger partial charge in [0.15, 0.2) is 0 Å². The van der Waals surface area contributed by atoms with Crippen molar-refractivity contribution >= 4 is 0 Å². The van der Waals surface area contributed by atoms with Crippen molar-refractivity contribution in [2.45, 2.75) is 39.0 Å². The Morgan fingerprint density at radius 1 is 1.46 bits per heavy atom. The van der Waals surface area contributed by atoms with Crippen LogP contribution in [-0.4, -0.2) is 13.1 Å². The van der Waals surface area contributed by atoms with E-state index in [1.807, 2.05) is 0 Å². The second-order valence-corrected chi connectivity index (χ2v) is 4.52. The molecule has 2 atom stereocenters. The zero-order chi connectivity index (χ0) is 9.10. The molecule has 1 nitrogen and oxygen atoms in total. The van der Waals surface area contributed by atoms with Crippen molar-refractivity contribution in [3.05, 3.63) is 11.6 Å². The maximum Gasteiger partial charge on any atom is 0.00173 e. The van der Waals surface area contributed by atoms with E-state index in [2.05, 4.69) is 18.3 Å². The molecule has 2 rings (SSSR count). The van der Waals surface area contributed by atoms with Gasteiger partial charge in [-0.05, 0) is 44.1 Å². The van der Waals surface area contributed by atoms with Crippen molar-refractivity contribution in [2.75, 3.05) is 13.1 Å². The molecule has 1 heterocycles. The molecule has 2 aliphatic rings. The predicted octanol–water partition coefficient (Wildman–Crippen LogP) is 2.73. The zero-order valence-corrected chi connectivity index (χ0v) is 8.68. The molecule has 0 spiro atoms. The van der Waals surface area contributed by atoms with Crippen LogP contribution >= 0.6 is 0 Å². The molecule has 0 bridgehead atoms. The molecule has 1 saturated heterocycles. The Morgan fingerprint density at radius 3 is 2.92 bits per heavy atom. The highest BCUT2D eigenvalue weighted by atomic mass is 14.9. The molecule has 1 aliphatic heterocycles. The van der Waals surface area contributed by atoms with Crippen molar-refractivity contribution in [3.8, 4) is 0 Å². The molecule has 1 N–H and O–H groups in total. The lowest BCUT2D eigenvalue weighted by molar-refractivity contribution is 0.436. The van der Waals surface area contributed by atoms with E-state index in [1.54, 1.807) is 5.57 Å². The van der Waals surface area contributed by atoms with E-state index < -0.39 is 0 Å². The standard InChI is InChI=1S/C12H21N/c1-2-10-3-5-11(6-4-10)12-7-8-13-9-12/h5,10,12-13H,2-4,6-9H2,1H3. The van der Waals surface area contributed by atoms with Gasteiger partial charge in [0.05, 0.1) is 0 Å². The van der Waals surface area contributed by atoms with Crippen LogP contribution in [0.1, 0.15) is 39.0 Å². The van der Waals surface area contributed by atoms with E-state index in [9.17, 15) is 0 Å². The summed E-state index contributed by atoms with van der Waals surface area (Å²) in [4.78, 5) is 0. The smallest absolute Gasteiger partial charge is 0.00173 e. The summed E-state index contributed by atoms with van der Waals surface area (Å²) in [7, 11) is 0. The molecule has 0 saturated carbocycles. The van der Waals surface area contributed by atoms with Gasteiger partial charge >= 0.3 is 0 Å². The fraction of sp³-hybridized carbons (Fsp3) is 0.833. The topological polar surface area (TPSA) is 12.0 Å². The largest absolute Gasteiger partial charge is 0.316 e. The number of nitrogens with one attached hydrogen (secondary N) is 1. The molecule has 0 radical (unpaired) electrons. The summed E-state index contributed by atoms with van der Waals surface area (Å²) in [6.07, 6.45) is 9.46. The highest BCUT2D eigenvalue weighted by Gasteiger charge is 2.22. The minimum Gasteiger partial charge on any atom is -0.316 e. The van der Waals surface area contributed by atoms with Gasteiger partial charge in [0.1, 0.15) is 0 Å². The summed E-state index contributed by atoms with van der Waals surface area (Å²) < 4.78 is 0. The lowest BCUT2D eigenvalue weighted by Gasteiger charge is -2.23. The Hall–Kier alpha value is -0.300. The third kappa shape index (κ3) is 2.14. The monoisotopic (exact) mass is 179 g/mol. The van der Waals surface area contributed by atoms with Crippen molar-refractivity contribution in [2.24, 2.45) is 11.8 Å². The Balaban J connectivity index is 1.90. The van der Waals surface area contributed by atoms with E-state index in [1.165, 1.54) is 45.2 Å². The molecule has 74 valence electrons. The SMILES string of the molecule is CCC1CC=C(C2CCNC2)CC1. The second kappa shape index (κ2) is 4.28. The Bertz CT molecular complexity index is 189. The second-order valence-electron chi connectivity index (χ2n) is 4.52. The average Bonchev–Trinajstić information content (AvgIpc) is 2.71. The molecule has 2 unspecified atom stereocenters. The Morgan fingerprint density at radius 2 is 2.38 bits per heavy atom. The van der Waals surface area contributed by atoms with E-state index in [0.29, 0.717) is 0 Å². The first-order chi connectivity index (χ1) is 6.40. The molecule has 0 aromatic rings. The Kier molecular flexibility index (Phi) is 3.05. The summed E-state index contributed by atoms with van der Waals surface area (Å²) in [6, 6.07) is 0. The van der Waals surface area contributed by atoms with Gasteiger partial charge in [0.25, 0.3) is 0 Å².